The lowest BCUT2D eigenvalue weighted by atomic mass is 10.1. The number of nitriles is 1. The highest BCUT2D eigenvalue weighted by molar-refractivity contribution is 7.92. The molecule has 12 heteroatoms. The molecule has 0 aliphatic carbocycles. The molecule has 2 N–H and O–H groups in total. The number of aromatic nitrogens is 2. The first-order valence-corrected chi connectivity index (χ1v) is 12.4. The first-order chi connectivity index (χ1) is 17.2. The molecule has 0 radical (unpaired) electrons. The van der Waals surface area contributed by atoms with Crippen LogP contribution in [0.2, 0.25) is 0 Å². The number of carbonyl (C=O) groups excluding carboxylic acids is 1. The van der Waals surface area contributed by atoms with Crippen molar-refractivity contribution in [2.45, 2.75) is 6.92 Å². The van der Waals surface area contributed by atoms with Crippen molar-refractivity contribution in [1.82, 2.24) is 15.4 Å². The summed E-state index contributed by atoms with van der Waals surface area (Å²) in [6.07, 6.45) is 11.5. The molecule has 3 aromatic rings. The Bertz CT molecular complexity index is 1450. The van der Waals surface area contributed by atoms with E-state index in [1.54, 1.807) is 43.3 Å². The first-order valence-electron chi connectivity index (χ1n) is 10.5. The number of sulfonamides is 1. The monoisotopic (exact) mass is 505 g/mol. The lowest BCUT2D eigenvalue weighted by molar-refractivity contribution is 0.0360. The van der Waals surface area contributed by atoms with E-state index < -0.39 is 15.9 Å². The van der Waals surface area contributed by atoms with Gasteiger partial charge in [-0.1, -0.05) is 12.0 Å². The zero-order valence-corrected chi connectivity index (χ0v) is 20.6. The average Bonchev–Trinajstić information content (AvgIpc) is 2.88. The lowest BCUT2D eigenvalue weighted by Crippen LogP contribution is -2.28. The third-order valence-corrected chi connectivity index (χ3v) is 6.11. The summed E-state index contributed by atoms with van der Waals surface area (Å²) in [6.45, 7) is 1.91. The van der Waals surface area contributed by atoms with E-state index in [1.165, 1.54) is 25.5 Å². The largest absolute Gasteiger partial charge is 0.352 e. The van der Waals surface area contributed by atoms with Gasteiger partial charge in [-0.3, -0.25) is 13.9 Å². The molecule has 2 aromatic heterocycles. The first kappa shape index (κ1) is 26.0. The quantitative estimate of drug-likeness (QED) is 0.194. The number of nitrogens with one attached hydrogen (secondary N) is 2. The number of carbonyl (C=O) groups is 1. The summed E-state index contributed by atoms with van der Waals surface area (Å²) >= 11 is 0. The number of pyridine rings is 2. The molecule has 1 amide bonds. The number of hydrogen-bond donors (Lipinski definition) is 2. The number of hydrogen-bond acceptors (Lipinski definition) is 9. The van der Waals surface area contributed by atoms with Crippen LogP contribution >= 0.6 is 0 Å². The number of nitrogens with zero attached hydrogens (tertiary/aromatic N) is 5. The van der Waals surface area contributed by atoms with Gasteiger partial charge in [0.05, 0.1) is 29.9 Å². The Morgan fingerprint density at radius 1 is 1.17 bits per heavy atom. The number of hydroxylamine groups is 1. The molecule has 0 saturated carbocycles. The average molecular weight is 506 g/mol. The summed E-state index contributed by atoms with van der Waals surface area (Å²) < 4.78 is 25.7. The van der Waals surface area contributed by atoms with Crippen molar-refractivity contribution < 1.29 is 18.0 Å². The zero-order valence-electron chi connectivity index (χ0n) is 19.8. The molecule has 0 spiro atoms. The van der Waals surface area contributed by atoms with Crippen molar-refractivity contribution in [2.75, 3.05) is 34.4 Å². The van der Waals surface area contributed by atoms with E-state index in [1.807, 2.05) is 6.19 Å². The maximum atomic E-state index is 12.9. The van der Waals surface area contributed by atoms with Gasteiger partial charge in [0.2, 0.25) is 10.0 Å². The van der Waals surface area contributed by atoms with Gasteiger partial charge in [0.15, 0.2) is 11.9 Å². The SMILES string of the molecule is C#Cc1ccc(Nc2ccnc(C(=O)NOCC)c2N(C#N)c2ccccn2)c(N(C)S(C)(=O)=O)c1. The Morgan fingerprint density at radius 2 is 1.94 bits per heavy atom. The Balaban J connectivity index is 2.22. The van der Waals surface area contributed by atoms with Crippen molar-refractivity contribution in [3.63, 3.8) is 0 Å². The number of rotatable bonds is 9. The van der Waals surface area contributed by atoms with Crippen LogP contribution in [0.3, 0.4) is 0 Å². The van der Waals surface area contributed by atoms with Crippen LogP contribution in [0.1, 0.15) is 23.0 Å². The van der Waals surface area contributed by atoms with Gasteiger partial charge in [0.1, 0.15) is 11.5 Å². The highest BCUT2D eigenvalue weighted by atomic mass is 32.2. The minimum absolute atomic E-state index is 0.0740. The predicted octanol–water partition coefficient (Wildman–Crippen LogP) is 2.90. The molecule has 0 atom stereocenters. The smallest absolute Gasteiger partial charge is 0.295 e. The van der Waals surface area contributed by atoms with Crippen molar-refractivity contribution in [3.8, 4) is 18.5 Å². The van der Waals surface area contributed by atoms with Gasteiger partial charge in [0.25, 0.3) is 5.91 Å². The molecule has 11 nitrogen and oxygen atoms in total. The van der Waals surface area contributed by atoms with Gasteiger partial charge in [-0.25, -0.2) is 28.8 Å². The zero-order chi connectivity index (χ0) is 26.3. The van der Waals surface area contributed by atoms with Crippen LogP contribution in [0, 0.1) is 23.8 Å². The second-order valence-electron chi connectivity index (χ2n) is 7.28. The number of benzene rings is 1. The third-order valence-electron chi connectivity index (χ3n) is 4.92. The Morgan fingerprint density at radius 3 is 2.56 bits per heavy atom. The van der Waals surface area contributed by atoms with E-state index in [0.717, 1.165) is 15.5 Å². The van der Waals surface area contributed by atoms with Crippen molar-refractivity contribution >= 4 is 44.5 Å². The molecule has 0 aliphatic heterocycles. The normalized spacial score (nSPS) is 10.6. The maximum absolute atomic E-state index is 12.9. The van der Waals surface area contributed by atoms with Crippen LogP contribution < -0.4 is 20.0 Å². The summed E-state index contributed by atoms with van der Waals surface area (Å²) in [6, 6.07) is 11.3. The van der Waals surface area contributed by atoms with Crippen LogP contribution in [0.15, 0.2) is 54.9 Å². The third kappa shape index (κ3) is 5.70. The maximum Gasteiger partial charge on any atom is 0.295 e. The van der Waals surface area contributed by atoms with Crippen LogP contribution in [-0.4, -0.2) is 44.2 Å². The molecule has 36 heavy (non-hydrogen) atoms. The minimum Gasteiger partial charge on any atom is -0.352 e. The second kappa shape index (κ2) is 11.2. The fourth-order valence-corrected chi connectivity index (χ4v) is 3.65. The summed E-state index contributed by atoms with van der Waals surface area (Å²) in [7, 11) is -2.25. The van der Waals surface area contributed by atoms with Crippen LogP contribution in [0.4, 0.5) is 28.6 Å². The van der Waals surface area contributed by atoms with Gasteiger partial charge in [-0.15, -0.1) is 6.42 Å². The van der Waals surface area contributed by atoms with Crippen LogP contribution in [0.25, 0.3) is 0 Å². The topological polar surface area (TPSA) is 141 Å². The van der Waals surface area contributed by atoms with Crippen molar-refractivity contribution in [2.24, 2.45) is 0 Å². The molecule has 184 valence electrons. The summed E-state index contributed by atoms with van der Waals surface area (Å²) in [5.41, 5.74) is 3.58. The Labute approximate surface area is 209 Å². The van der Waals surface area contributed by atoms with Crippen LogP contribution in [0.5, 0.6) is 0 Å². The van der Waals surface area contributed by atoms with Gasteiger partial charge in [-0.05, 0) is 43.3 Å². The molecule has 2 heterocycles. The molecule has 0 saturated heterocycles. The van der Waals surface area contributed by atoms with E-state index in [2.05, 4.69) is 26.7 Å². The Hall–Kier alpha value is -4.65. The second-order valence-corrected chi connectivity index (χ2v) is 9.29. The fraction of sp³-hybridized carbons (Fsp3) is 0.167. The molecule has 0 bridgehead atoms. The summed E-state index contributed by atoms with van der Waals surface area (Å²) in [5, 5.41) is 13.2. The number of amides is 1. The van der Waals surface area contributed by atoms with E-state index in [0.29, 0.717) is 11.3 Å². The molecule has 3 rings (SSSR count). The van der Waals surface area contributed by atoms with Crippen molar-refractivity contribution in [3.05, 3.63) is 66.1 Å². The predicted molar refractivity (Wildman–Crippen MR) is 136 cm³/mol. The summed E-state index contributed by atoms with van der Waals surface area (Å²) in [4.78, 5) is 27.4. The van der Waals surface area contributed by atoms with E-state index in [4.69, 9.17) is 11.3 Å². The number of terminal acetylenes is 1. The van der Waals surface area contributed by atoms with E-state index >= 15 is 0 Å². The minimum atomic E-state index is -3.64. The Kier molecular flexibility index (Phi) is 8.07. The molecule has 0 aliphatic rings. The molecule has 0 unspecified atom stereocenters. The van der Waals surface area contributed by atoms with Gasteiger partial charge in [0, 0.05) is 25.0 Å². The highest BCUT2D eigenvalue weighted by Gasteiger charge is 2.26. The molecular weight excluding hydrogens is 482 g/mol. The fourth-order valence-electron chi connectivity index (χ4n) is 3.15. The van der Waals surface area contributed by atoms with E-state index in [9.17, 15) is 18.5 Å². The van der Waals surface area contributed by atoms with E-state index in [-0.39, 0.29) is 35.2 Å². The van der Waals surface area contributed by atoms with Gasteiger partial charge in [-0.2, -0.15) is 5.26 Å². The van der Waals surface area contributed by atoms with Crippen molar-refractivity contribution in [1.29, 1.82) is 5.26 Å². The standard InChI is InChI=1S/C24H23N7O4S/c1-5-17-10-11-18(20(15-17)30(3)36(4,33)34)28-19-12-14-27-22(24(32)29-35-6-2)23(19)31(16-25)21-9-7-8-13-26-21/h1,7-15H,6H2,2-4H3,(H,27,28)(H,29,32). The molecule has 0 fully saturated rings. The van der Waals surface area contributed by atoms with Gasteiger partial charge < -0.3 is 5.32 Å². The molecular formula is C24H23N7O4S. The summed E-state index contributed by atoms with van der Waals surface area (Å²) in [5.74, 6) is 2.03. The van der Waals surface area contributed by atoms with Gasteiger partial charge >= 0.3 is 0 Å². The van der Waals surface area contributed by atoms with Crippen LogP contribution in [-0.2, 0) is 14.9 Å². The number of anilines is 5. The molecule has 1 aromatic carbocycles. The lowest BCUT2D eigenvalue weighted by Gasteiger charge is -2.24. The highest BCUT2D eigenvalue weighted by Crippen LogP contribution is 2.38.